The molecule has 0 bridgehead atoms. The van der Waals surface area contributed by atoms with Crippen LogP contribution in [0.4, 0.5) is 21.9 Å². The van der Waals surface area contributed by atoms with Gasteiger partial charge in [0.2, 0.25) is 11.8 Å². The first-order valence-corrected chi connectivity index (χ1v) is 10.3. The van der Waals surface area contributed by atoms with Gasteiger partial charge in [0.1, 0.15) is 13.1 Å². The Morgan fingerprint density at radius 3 is 2.16 bits per heavy atom. The van der Waals surface area contributed by atoms with Crippen LogP contribution in [0.25, 0.3) is 0 Å². The third-order valence-electron chi connectivity index (χ3n) is 5.31. The number of fused-ring (bicyclic) bond motifs is 1. The average Bonchev–Trinajstić information content (AvgIpc) is 2.81. The number of anilines is 3. The van der Waals surface area contributed by atoms with Gasteiger partial charge in [-0.1, -0.05) is 60.7 Å². The lowest BCUT2D eigenvalue weighted by molar-refractivity contribution is -0.130. The van der Waals surface area contributed by atoms with Crippen molar-refractivity contribution >= 4 is 34.9 Å². The molecular formula is C25H24N4O3. The van der Waals surface area contributed by atoms with E-state index in [2.05, 4.69) is 5.32 Å². The number of hydrogen-bond acceptors (Lipinski definition) is 3. The highest BCUT2D eigenvalue weighted by Crippen LogP contribution is 2.33. The second-order valence-corrected chi connectivity index (χ2v) is 7.59. The van der Waals surface area contributed by atoms with E-state index in [1.54, 1.807) is 48.3 Å². The minimum Gasteiger partial charge on any atom is -0.340 e. The molecule has 7 nitrogen and oxygen atoms in total. The number of carbonyl (C=O) groups is 3. The lowest BCUT2D eigenvalue weighted by atomic mass is 10.1. The summed E-state index contributed by atoms with van der Waals surface area (Å²) in [6.45, 7) is 0.216. The maximum atomic E-state index is 13.0. The van der Waals surface area contributed by atoms with E-state index in [-0.39, 0.29) is 24.9 Å². The van der Waals surface area contributed by atoms with Crippen molar-refractivity contribution < 1.29 is 14.4 Å². The number of para-hydroxylation sites is 3. The van der Waals surface area contributed by atoms with Crippen molar-refractivity contribution in [1.82, 2.24) is 4.90 Å². The van der Waals surface area contributed by atoms with Gasteiger partial charge in [-0.05, 0) is 29.8 Å². The van der Waals surface area contributed by atoms with Crippen LogP contribution in [0.3, 0.4) is 0 Å². The zero-order valence-electron chi connectivity index (χ0n) is 17.8. The highest BCUT2D eigenvalue weighted by Gasteiger charge is 2.34. The van der Waals surface area contributed by atoms with Crippen molar-refractivity contribution in [2.24, 2.45) is 0 Å². The second kappa shape index (κ2) is 9.34. The number of hydrogen-bond donors (Lipinski definition) is 1. The molecule has 1 aliphatic heterocycles. The van der Waals surface area contributed by atoms with E-state index in [9.17, 15) is 14.4 Å². The molecule has 1 heterocycles. The van der Waals surface area contributed by atoms with Crippen molar-refractivity contribution in [3.05, 3.63) is 90.5 Å². The zero-order chi connectivity index (χ0) is 22.5. The van der Waals surface area contributed by atoms with Gasteiger partial charge in [0.15, 0.2) is 0 Å². The first-order chi connectivity index (χ1) is 15.5. The van der Waals surface area contributed by atoms with Gasteiger partial charge in [0.05, 0.1) is 11.4 Å². The molecule has 162 valence electrons. The lowest BCUT2D eigenvalue weighted by Gasteiger charge is -2.36. The molecule has 7 heteroatoms. The molecule has 3 aromatic carbocycles. The molecule has 1 aliphatic rings. The van der Waals surface area contributed by atoms with Gasteiger partial charge in [-0.3, -0.25) is 19.4 Å². The molecule has 0 fully saturated rings. The normalized spacial score (nSPS) is 12.8. The quantitative estimate of drug-likeness (QED) is 0.673. The van der Waals surface area contributed by atoms with Gasteiger partial charge in [-0.15, -0.1) is 0 Å². The predicted molar refractivity (Wildman–Crippen MR) is 125 cm³/mol. The van der Waals surface area contributed by atoms with Crippen LogP contribution in [0, 0.1) is 0 Å². The topological polar surface area (TPSA) is 73.0 Å². The molecule has 0 aromatic heterocycles. The third-order valence-corrected chi connectivity index (χ3v) is 5.31. The first kappa shape index (κ1) is 21.1. The smallest absolute Gasteiger partial charge is 0.326 e. The fraction of sp³-hybridized carbons (Fsp3) is 0.160. The standard InChI is InChI=1S/C25H24N4O3/c1-27(16-19-10-4-2-5-11-19)23(30)17-28-21-14-8-9-15-22(21)29(18-24(28)31)25(32)26-20-12-6-3-7-13-20/h2-15H,16-18H2,1H3,(H,26,32). The average molecular weight is 428 g/mol. The van der Waals surface area contributed by atoms with Crippen molar-refractivity contribution in [1.29, 1.82) is 0 Å². The molecule has 1 N–H and O–H groups in total. The van der Waals surface area contributed by atoms with Crippen molar-refractivity contribution in [2.75, 3.05) is 35.3 Å². The van der Waals surface area contributed by atoms with E-state index in [1.165, 1.54) is 9.80 Å². The summed E-state index contributed by atoms with van der Waals surface area (Å²) in [4.78, 5) is 43.2. The van der Waals surface area contributed by atoms with Gasteiger partial charge in [-0.25, -0.2) is 4.79 Å². The Bertz CT molecular complexity index is 1120. The number of carbonyl (C=O) groups excluding carboxylic acids is 3. The number of benzene rings is 3. The summed E-state index contributed by atoms with van der Waals surface area (Å²) in [6.07, 6.45) is 0. The Balaban J connectivity index is 1.51. The Kier molecular flexibility index (Phi) is 6.17. The molecule has 32 heavy (non-hydrogen) atoms. The van der Waals surface area contributed by atoms with Gasteiger partial charge < -0.3 is 10.2 Å². The SMILES string of the molecule is CN(Cc1ccccc1)C(=O)CN1C(=O)CN(C(=O)Nc2ccccc2)c2ccccc21. The number of rotatable bonds is 5. The lowest BCUT2D eigenvalue weighted by Crippen LogP contribution is -2.52. The highest BCUT2D eigenvalue weighted by atomic mass is 16.2. The summed E-state index contributed by atoms with van der Waals surface area (Å²) in [6, 6.07) is 25.5. The summed E-state index contributed by atoms with van der Waals surface area (Å²) in [5.74, 6) is -0.493. The van der Waals surface area contributed by atoms with Crippen LogP contribution in [-0.4, -0.2) is 42.9 Å². The van der Waals surface area contributed by atoms with Crippen LogP contribution in [0.5, 0.6) is 0 Å². The Hall–Kier alpha value is -4.13. The van der Waals surface area contributed by atoms with E-state index >= 15 is 0 Å². The predicted octanol–water partition coefficient (Wildman–Crippen LogP) is 3.73. The van der Waals surface area contributed by atoms with Crippen LogP contribution < -0.4 is 15.1 Å². The van der Waals surface area contributed by atoms with Crippen molar-refractivity contribution in [3.63, 3.8) is 0 Å². The molecule has 0 spiro atoms. The summed E-state index contributed by atoms with van der Waals surface area (Å²) >= 11 is 0. The van der Waals surface area contributed by atoms with Gasteiger partial charge in [-0.2, -0.15) is 0 Å². The molecule has 0 aliphatic carbocycles. The molecule has 4 amide bonds. The molecule has 0 saturated heterocycles. The summed E-state index contributed by atoms with van der Waals surface area (Å²) in [7, 11) is 1.72. The Labute approximate surface area is 186 Å². The molecule has 3 aromatic rings. The fourth-order valence-corrected chi connectivity index (χ4v) is 3.63. The maximum absolute atomic E-state index is 13.0. The van der Waals surface area contributed by atoms with Crippen LogP contribution in [0.15, 0.2) is 84.9 Å². The van der Waals surface area contributed by atoms with E-state index in [1.807, 2.05) is 48.5 Å². The fourth-order valence-electron chi connectivity index (χ4n) is 3.63. The molecular weight excluding hydrogens is 404 g/mol. The molecule has 0 radical (unpaired) electrons. The number of urea groups is 1. The number of nitrogens with one attached hydrogen (secondary N) is 1. The summed E-state index contributed by atoms with van der Waals surface area (Å²) in [5, 5.41) is 2.82. The monoisotopic (exact) mass is 428 g/mol. The first-order valence-electron chi connectivity index (χ1n) is 10.3. The van der Waals surface area contributed by atoms with Crippen LogP contribution in [-0.2, 0) is 16.1 Å². The molecule has 4 rings (SSSR count). The van der Waals surface area contributed by atoms with E-state index in [0.29, 0.717) is 23.6 Å². The number of nitrogens with zero attached hydrogens (tertiary/aromatic N) is 3. The van der Waals surface area contributed by atoms with Crippen LogP contribution in [0.2, 0.25) is 0 Å². The van der Waals surface area contributed by atoms with Crippen molar-refractivity contribution in [2.45, 2.75) is 6.54 Å². The highest BCUT2D eigenvalue weighted by molar-refractivity contribution is 6.14. The van der Waals surface area contributed by atoms with E-state index in [0.717, 1.165) is 5.56 Å². The minimum absolute atomic E-state index is 0.0900. The Morgan fingerprint density at radius 2 is 1.47 bits per heavy atom. The third kappa shape index (κ3) is 4.62. The Morgan fingerprint density at radius 1 is 0.875 bits per heavy atom. The van der Waals surface area contributed by atoms with Gasteiger partial charge in [0.25, 0.3) is 0 Å². The number of amides is 4. The van der Waals surface area contributed by atoms with Crippen LogP contribution >= 0.6 is 0 Å². The maximum Gasteiger partial charge on any atom is 0.326 e. The minimum atomic E-state index is -0.399. The van der Waals surface area contributed by atoms with Crippen LogP contribution in [0.1, 0.15) is 5.56 Å². The van der Waals surface area contributed by atoms with E-state index in [4.69, 9.17) is 0 Å². The van der Waals surface area contributed by atoms with E-state index < -0.39 is 6.03 Å². The van der Waals surface area contributed by atoms with Gasteiger partial charge in [0, 0.05) is 19.3 Å². The largest absolute Gasteiger partial charge is 0.340 e. The molecule has 0 atom stereocenters. The summed E-state index contributed by atoms with van der Waals surface area (Å²) in [5.41, 5.74) is 2.77. The molecule has 0 saturated carbocycles. The van der Waals surface area contributed by atoms with Crippen molar-refractivity contribution in [3.8, 4) is 0 Å². The second-order valence-electron chi connectivity index (χ2n) is 7.59. The zero-order valence-corrected chi connectivity index (χ0v) is 17.8. The molecule has 0 unspecified atom stereocenters. The summed E-state index contributed by atoms with van der Waals surface area (Å²) < 4.78 is 0. The van der Waals surface area contributed by atoms with Gasteiger partial charge >= 0.3 is 6.03 Å². The number of likely N-dealkylation sites (N-methyl/N-ethyl adjacent to an activating group) is 1.